The van der Waals surface area contributed by atoms with Gasteiger partial charge in [-0.05, 0) is 18.9 Å². The Bertz CT molecular complexity index is 539. The van der Waals surface area contributed by atoms with Crippen molar-refractivity contribution in [3.8, 4) is 5.88 Å². The number of hydrogen-bond acceptors (Lipinski definition) is 5. The minimum atomic E-state index is 0.478. The van der Waals surface area contributed by atoms with Crippen LogP contribution in [0.1, 0.15) is 19.8 Å². The van der Waals surface area contributed by atoms with Crippen LogP contribution >= 0.6 is 0 Å². The van der Waals surface area contributed by atoms with Gasteiger partial charge in [-0.1, -0.05) is 6.92 Å². The standard InChI is InChI=1S/C13H20N4O2/c1-3-8-19-9-4-7-17-12-10(15-13(17)14)5-6-11(16-12)18-2/h5-6H,3-4,7-9H2,1-2H3,(H2,14,15). The number of rotatable bonds is 7. The van der Waals surface area contributed by atoms with E-state index in [-0.39, 0.29) is 0 Å². The first-order chi connectivity index (χ1) is 9.26. The van der Waals surface area contributed by atoms with E-state index in [1.165, 1.54) is 0 Å². The molecule has 2 heterocycles. The average molecular weight is 264 g/mol. The SMILES string of the molecule is CCCOCCCn1c(N)nc2ccc(OC)nc21. The van der Waals surface area contributed by atoms with Crippen LogP contribution in [0.25, 0.3) is 11.2 Å². The lowest BCUT2D eigenvalue weighted by molar-refractivity contribution is 0.129. The van der Waals surface area contributed by atoms with E-state index >= 15 is 0 Å². The molecule has 0 atom stereocenters. The number of nitrogens with two attached hydrogens (primary N) is 1. The first-order valence-corrected chi connectivity index (χ1v) is 6.50. The van der Waals surface area contributed by atoms with E-state index in [0.29, 0.717) is 11.8 Å². The highest BCUT2D eigenvalue weighted by Gasteiger charge is 2.10. The van der Waals surface area contributed by atoms with Crippen LogP contribution in [0.3, 0.4) is 0 Å². The molecular formula is C13H20N4O2. The van der Waals surface area contributed by atoms with E-state index in [4.69, 9.17) is 15.2 Å². The number of ether oxygens (including phenoxy) is 2. The molecule has 0 bridgehead atoms. The maximum absolute atomic E-state index is 5.92. The number of fused-ring (bicyclic) bond motifs is 1. The molecule has 6 heteroatoms. The maximum atomic E-state index is 5.92. The van der Waals surface area contributed by atoms with Gasteiger partial charge < -0.3 is 15.2 Å². The molecule has 0 saturated heterocycles. The van der Waals surface area contributed by atoms with E-state index in [0.717, 1.165) is 43.8 Å². The van der Waals surface area contributed by atoms with Crippen LogP contribution in [-0.4, -0.2) is 34.9 Å². The summed E-state index contributed by atoms with van der Waals surface area (Å²) in [5.74, 6) is 1.04. The monoisotopic (exact) mass is 264 g/mol. The summed E-state index contributed by atoms with van der Waals surface area (Å²) in [5, 5.41) is 0. The fourth-order valence-corrected chi connectivity index (χ4v) is 1.91. The van der Waals surface area contributed by atoms with Gasteiger partial charge in [0.2, 0.25) is 11.8 Å². The van der Waals surface area contributed by atoms with Crippen LogP contribution in [0.4, 0.5) is 5.95 Å². The number of aromatic nitrogens is 3. The quantitative estimate of drug-likeness (QED) is 0.772. The lowest BCUT2D eigenvalue weighted by Gasteiger charge is -2.06. The van der Waals surface area contributed by atoms with Gasteiger partial charge in [-0.25, -0.2) is 4.98 Å². The summed E-state index contributed by atoms with van der Waals surface area (Å²) in [5.41, 5.74) is 7.46. The molecule has 0 fully saturated rings. The smallest absolute Gasteiger partial charge is 0.215 e. The zero-order valence-electron chi connectivity index (χ0n) is 11.4. The minimum absolute atomic E-state index is 0.478. The van der Waals surface area contributed by atoms with Gasteiger partial charge in [-0.15, -0.1) is 0 Å². The molecular weight excluding hydrogens is 244 g/mol. The van der Waals surface area contributed by atoms with Crippen molar-refractivity contribution >= 4 is 17.1 Å². The predicted molar refractivity (Wildman–Crippen MR) is 74.2 cm³/mol. The number of hydrogen-bond donors (Lipinski definition) is 1. The van der Waals surface area contributed by atoms with Gasteiger partial charge in [0, 0.05) is 25.8 Å². The summed E-state index contributed by atoms with van der Waals surface area (Å²) in [6.45, 7) is 4.35. The maximum Gasteiger partial charge on any atom is 0.215 e. The topological polar surface area (TPSA) is 75.2 Å². The Labute approximate surface area is 112 Å². The summed E-state index contributed by atoms with van der Waals surface area (Å²) < 4.78 is 12.5. The van der Waals surface area contributed by atoms with Gasteiger partial charge in [0.25, 0.3) is 0 Å². The van der Waals surface area contributed by atoms with Gasteiger partial charge >= 0.3 is 0 Å². The van der Waals surface area contributed by atoms with E-state index in [1.807, 2.05) is 10.6 Å². The van der Waals surface area contributed by atoms with Gasteiger partial charge in [0.15, 0.2) is 5.65 Å². The Hall–Kier alpha value is -1.82. The van der Waals surface area contributed by atoms with Crippen LogP contribution < -0.4 is 10.5 Å². The molecule has 0 unspecified atom stereocenters. The van der Waals surface area contributed by atoms with Crippen LogP contribution in [0.2, 0.25) is 0 Å². The minimum Gasteiger partial charge on any atom is -0.481 e. The molecule has 19 heavy (non-hydrogen) atoms. The lowest BCUT2D eigenvalue weighted by Crippen LogP contribution is -2.07. The number of aryl methyl sites for hydroxylation is 1. The first kappa shape index (κ1) is 13.6. The molecule has 2 aromatic heterocycles. The van der Waals surface area contributed by atoms with Crippen molar-refractivity contribution in [3.05, 3.63) is 12.1 Å². The van der Waals surface area contributed by atoms with Crippen LogP contribution in [-0.2, 0) is 11.3 Å². The van der Waals surface area contributed by atoms with E-state index in [2.05, 4.69) is 16.9 Å². The Morgan fingerprint density at radius 1 is 1.26 bits per heavy atom. The molecule has 0 aliphatic carbocycles. The molecule has 0 saturated carbocycles. The molecule has 0 aliphatic heterocycles. The molecule has 0 spiro atoms. The van der Waals surface area contributed by atoms with Crippen molar-refractivity contribution in [1.82, 2.24) is 14.5 Å². The molecule has 104 valence electrons. The molecule has 2 aromatic rings. The molecule has 2 N–H and O–H groups in total. The average Bonchev–Trinajstić information content (AvgIpc) is 2.74. The van der Waals surface area contributed by atoms with Gasteiger partial charge in [0.05, 0.1) is 7.11 Å². The van der Waals surface area contributed by atoms with Crippen molar-refractivity contribution in [2.75, 3.05) is 26.1 Å². The third kappa shape index (κ3) is 3.14. The van der Waals surface area contributed by atoms with Crippen LogP contribution in [0.15, 0.2) is 12.1 Å². The Kier molecular flexibility index (Phi) is 4.57. The molecule has 0 amide bonds. The highest BCUT2D eigenvalue weighted by molar-refractivity contribution is 5.74. The summed E-state index contributed by atoms with van der Waals surface area (Å²) in [6, 6.07) is 3.64. The normalized spacial score (nSPS) is 11.1. The van der Waals surface area contributed by atoms with Crippen LogP contribution in [0.5, 0.6) is 5.88 Å². The second-order valence-corrected chi connectivity index (χ2v) is 4.28. The predicted octanol–water partition coefficient (Wildman–Crippen LogP) is 1.84. The fraction of sp³-hybridized carbons (Fsp3) is 0.538. The van der Waals surface area contributed by atoms with Gasteiger partial charge in [-0.2, -0.15) is 4.98 Å². The van der Waals surface area contributed by atoms with Crippen molar-refractivity contribution in [2.45, 2.75) is 26.3 Å². The highest BCUT2D eigenvalue weighted by Crippen LogP contribution is 2.19. The third-order valence-electron chi connectivity index (χ3n) is 2.82. The number of nitrogen functional groups attached to an aromatic ring is 1. The Morgan fingerprint density at radius 2 is 2.11 bits per heavy atom. The van der Waals surface area contributed by atoms with Crippen molar-refractivity contribution in [1.29, 1.82) is 0 Å². The largest absolute Gasteiger partial charge is 0.481 e. The van der Waals surface area contributed by atoms with E-state index in [9.17, 15) is 0 Å². The molecule has 0 aromatic carbocycles. The first-order valence-electron chi connectivity index (χ1n) is 6.50. The fourth-order valence-electron chi connectivity index (χ4n) is 1.91. The lowest BCUT2D eigenvalue weighted by atomic mass is 10.4. The molecule has 6 nitrogen and oxygen atoms in total. The zero-order valence-corrected chi connectivity index (χ0v) is 11.4. The van der Waals surface area contributed by atoms with E-state index < -0.39 is 0 Å². The van der Waals surface area contributed by atoms with Crippen molar-refractivity contribution < 1.29 is 9.47 Å². The van der Waals surface area contributed by atoms with Gasteiger partial charge in [-0.3, -0.25) is 4.57 Å². The number of anilines is 1. The highest BCUT2D eigenvalue weighted by atomic mass is 16.5. The number of pyridine rings is 1. The number of imidazole rings is 1. The Morgan fingerprint density at radius 3 is 2.84 bits per heavy atom. The Balaban J connectivity index is 2.10. The van der Waals surface area contributed by atoms with Crippen molar-refractivity contribution in [3.63, 3.8) is 0 Å². The summed E-state index contributed by atoms with van der Waals surface area (Å²) in [6.07, 6.45) is 1.92. The summed E-state index contributed by atoms with van der Waals surface area (Å²) in [4.78, 5) is 8.67. The zero-order chi connectivity index (χ0) is 13.7. The van der Waals surface area contributed by atoms with Gasteiger partial charge in [0.1, 0.15) is 5.52 Å². The molecule has 0 radical (unpaired) electrons. The number of nitrogens with zero attached hydrogens (tertiary/aromatic N) is 3. The second kappa shape index (κ2) is 6.38. The summed E-state index contributed by atoms with van der Waals surface area (Å²) in [7, 11) is 1.59. The summed E-state index contributed by atoms with van der Waals surface area (Å²) >= 11 is 0. The second-order valence-electron chi connectivity index (χ2n) is 4.28. The molecule has 2 rings (SSSR count). The van der Waals surface area contributed by atoms with Crippen LogP contribution in [0, 0.1) is 0 Å². The van der Waals surface area contributed by atoms with E-state index in [1.54, 1.807) is 13.2 Å². The number of methoxy groups -OCH3 is 1. The third-order valence-corrected chi connectivity index (χ3v) is 2.82. The molecule has 0 aliphatic rings. The van der Waals surface area contributed by atoms with Crippen molar-refractivity contribution in [2.24, 2.45) is 0 Å².